The molecule has 1 amide bonds. The van der Waals surface area contributed by atoms with Gasteiger partial charge >= 0.3 is 0 Å². The average molecular weight is 527 g/mol. The molecule has 1 saturated heterocycles. The van der Waals surface area contributed by atoms with Crippen LogP contribution in [0.15, 0.2) is 46.6 Å². The van der Waals surface area contributed by atoms with Gasteiger partial charge < -0.3 is 20.0 Å². The second-order valence-electron chi connectivity index (χ2n) is 9.62. The minimum absolute atomic E-state index is 0.0345. The largest absolute Gasteiger partial charge is 0.468 e. The molecule has 2 aliphatic rings. The Bertz CT molecular complexity index is 1030. The third-order valence-corrected chi connectivity index (χ3v) is 8.33. The molecule has 0 bridgehead atoms. The van der Waals surface area contributed by atoms with Crippen LogP contribution in [0, 0.1) is 6.92 Å². The van der Waals surface area contributed by atoms with Gasteiger partial charge in [0.1, 0.15) is 5.76 Å². The van der Waals surface area contributed by atoms with Crippen LogP contribution in [0.5, 0.6) is 0 Å². The molecule has 0 atom stereocenters. The maximum atomic E-state index is 13.0. The highest BCUT2D eigenvalue weighted by atomic mass is 32.2. The molecular formula is C28H38N4O2S2. The maximum absolute atomic E-state index is 13.0. The lowest BCUT2D eigenvalue weighted by Crippen LogP contribution is -2.44. The number of nitrogens with zero attached hydrogens (tertiary/aromatic N) is 2. The van der Waals surface area contributed by atoms with Crippen molar-refractivity contribution in [1.29, 1.82) is 0 Å². The van der Waals surface area contributed by atoms with Crippen LogP contribution >= 0.6 is 24.0 Å². The number of carbonyl (C=O) groups excluding carboxylic acids is 1. The van der Waals surface area contributed by atoms with Crippen LogP contribution in [-0.4, -0.2) is 52.8 Å². The smallest absolute Gasteiger partial charge is 0.253 e. The van der Waals surface area contributed by atoms with Crippen LogP contribution in [-0.2, 0) is 5.75 Å². The second-order valence-corrected chi connectivity index (χ2v) is 11.1. The van der Waals surface area contributed by atoms with Crippen molar-refractivity contribution in [1.82, 2.24) is 20.5 Å². The number of aromatic nitrogens is 1. The van der Waals surface area contributed by atoms with E-state index in [1.807, 2.05) is 31.2 Å². The van der Waals surface area contributed by atoms with E-state index in [1.54, 1.807) is 23.6 Å². The van der Waals surface area contributed by atoms with Crippen molar-refractivity contribution in [2.75, 3.05) is 31.9 Å². The number of nitrogens with one attached hydrogen (secondary N) is 2. The number of furan rings is 1. The number of hydrogen-bond acceptors (Lipinski definition) is 5. The predicted octanol–water partition coefficient (Wildman–Crippen LogP) is 5.59. The van der Waals surface area contributed by atoms with Gasteiger partial charge in [0.15, 0.2) is 5.11 Å². The van der Waals surface area contributed by atoms with Crippen LogP contribution < -0.4 is 10.6 Å². The van der Waals surface area contributed by atoms with Crippen LogP contribution in [0.1, 0.15) is 78.4 Å². The van der Waals surface area contributed by atoms with Crippen molar-refractivity contribution >= 4 is 35.0 Å². The van der Waals surface area contributed by atoms with E-state index in [2.05, 4.69) is 21.6 Å². The SMILES string of the molecule is Cc1ccc(C(=O)NCCSCc2ccco2)c(C2CCN(C(=S)NCCC3=CCCCC3)CC2)n1. The van der Waals surface area contributed by atoms with E-state index in [0.29, 0.717) is 12.1 Å². The van der Waals surface area contributed by atoms with Gasteiger partial charge in [0.25, 0.3) is 5.91 Å². The van der Waals surface area contributed by atoms with Gasteiger partial charge in [0.05, 0.1) is 23.3 Å². The first-order chi connectivity index (χ1) is 17.6. The summed E-state index contributed by atoms with van der Waals surface area (Å²) < 4.78 is 5.36. The van der Waals surface area contributed by atoms with E-state index in [9.17, 15) is 4.79 Å². The Hall–Kier alpha value is -2.32. The lowest BCUT2D eigenvalue weighted by atomic mass is 9.90. The zero-order chi connectivity index (χ0) is 25.2. The Morgan fingerprint density at radius 1 is 1.19 bits per heavy atom. The number of likely N-dealkylation sites (tertiary alicyclic amines) is 1. The van der Waals surface area contributed by atoms with Crippen LogP contribution in [0.25, 0.3) is 0 Å². The molecule has 0 saturated carbocycles. The molecule has 1 fully saturated rings. The van der Waals surface area contributed by atoms with Gasteiger partial charge in [0, 0.05) is 43.5 Å². The van der Waals surface area contributed by atoms with Gasteiger partial charge in [-0.05, 0) is 88.4 Å². The maximum Gasteiger partial charge on any atom is 0.253 e. The molecular weight excluding hydrogens is 488 g/mol. The van der Waals surface area contributed by atoms with Crippen molar-refractivity contribution in [2.45, 2.75) is 63.5 Å². The summed E-state index contributed by atoms with van der Waals surface area (Å²) in [6, 6.07) is 7.73. The quantitative estimate of drug-likeness (QED) is 0.238. The number of pyridine rings is 1. The Morgan fingerprint density at radius 2 is 2.06 bits per heavy atom. The van der Waals surface area contributed by atoms with E-state index in [0.717, 1.165) is 72.7 Å². The molecule has 1 aliphatic carbocycles. The van der Waals surface area contributed by atoms with Crippen LogP contribution in [0.4, 0.5) is 0 Å². The first-order valence-corrected chi connectivity index (χ1v) is 14.7. The first kappa shape index (κ1) is 26.7. The van der Waals surface area contributed by atoms with Crippen molar-refractivity contribution < 1.29 is 9.21 Å². The van der Waals surface area contributed by atoms with Gasteiger partial charge in [-0.3, -0.25) is 9.78 Å². The monoisotopic (exact) mass is 526 g/mol. The first-order valence-electron chi connectivity index (χ1n) is 13.2. The molecule has 36 heavy (non-hydrogen) atoms. The minimum atomic E-state index is -0.0345. The minimum Gasteiger partial charge on any atom is -0.468 e. The summed E-state index contributed by atoms with van der Waals surface area (Å²) in [5, 5.41) is 7.40. The molecule has 2 aromatic heterocycles. The number of thiocarbonyl (C=S) groups is 1. The molecule has 4 rings (SSSR count). The fourth-order valence-electron chi connectivity index (χ4n) is 4.91. The molecule has 194 valence electrons. The topological polar surface area (TPSA) is 70.4 Å². The number of amides is 1. The molecule has 6 nitrogen and oxygen atoms in total. The normalized spacial score (nSPS) is 16.5. The Kier molecular flexibility index (Phi) is 10.3. The van der Waals surface area contributed by atoms with Crippen molar-refractivity contribution in [3.8, 4) is 0 Å². The molecule has 8 heteroatoms. The van der Waals surface area contributed by atoms with Gasteiger partial charge in [-0.2, -0.15) is 11.8 Å². The standard InChI is InChI=1S/C28H38N4O2S2/c1-21-9-10-25(27(33)29-15-19-36-20-24-8-5-18-34-24)26(31-21)23-12-16-32(17-13-23)28(35)30-14-11-22-6-3-2-4-7-22/h5-6,8-10,18,23H,2-4,7,11-17,19-20H2,1H3,(H,29,33)(H,30,35). The molecule has 2 N–H and O–H groups in total. The molecule has 2 aromatic rings. The number of allylic oxidation sites excluding steroid dienone is 1. The van der Waals surface area contributed by atoms with E-state index >= 15 is 0 Å². The molecule has 1 aliphatic heterocycles. The van der Waals surface area contributed by atoms with Crippen LogP contribution in [0.3, 0.4) is 0 Å². The molecule has 0 radical (unpaired) electrons. The van der Waals surface area contributed by atoms with E-state index in [1.165, 1.54) is 25.7 Å². The zero-order valence-corrected chi connectivity index (χ0v) is 22.9. The fraction of sp³-hybridized carbons (Fsp3) is 0.536. The fourth-order valence-corrected chi connectivity index (χ4v) is 5.95. The summed E-state index contributed by atoms with van der Waals surface area (Å²) in [6.45, 7) is 5.30. The molecule has 0 unspecified atom stereocenters. The van der Waals surface area contributed by atoms with Gasteiger partial charge in [-0.25, -0.2) is 0 Å². The summed E-state index contributed by atoms with van der Waals surface area (Å²) >= 11 is 7.44. The summed E-state index contributed by atoms with van der Waals surface area (Å²) in [4.78, 5) is 20.1. The molecule has 0 spiro atoms. The van der Waals surface area contributed by atoms with Gasteiger partial charge in [0.2, 0.25) is 0 Å². The number of hydrogen-bond donors (Lipinski definition) is 2. The van der Waals surface area contributed by atoms with Gasteiger partial charge in [-0.1, -0.05) is 11.6 Å². The van der Waals surface area contributed by atoms with E-state index < -0.39 is 0 Å². The third kappa shape index (κ3) is 7.84. The molecule has 0 aromatic carbocycles. The summed E-state index contributed by atoms with van der Waals surface area (Å²) in [6.07, 6.45) is 12.2. The van der Waals surface area contributed by atoms with Crippen molar-refractivity contribution in [3.63, 3.8) is 0 Å². The Morgan fingerprint density at radius 3 is 2.81 bits per heavy atom. The highest BCUT2D eigenvalue weighted by Gasteiger charge is 2.27. The Balaban J connectivity index is 1.23. The predicted molar refractivity (Wildman–Crippen MR) is 151 cm³/mol. The van der Waals surface area contributed by atoms with E-state index in [-0.39, 0.29) is 11.8 Å². The second kappa shape index (κ2) is 13.8. The van der Waals surface area contributed by atoms with Crippen molar-refractivity contribution in [3.05, 3.63) is 64.9 Å². The average Bonchev–Trinajstić information content (AvgIpc) is 3.42. The molecule has 3 heterocycles. The summed E-state index contributed by atoms with van der Waals surface area (Å²) in [5.41, 5.74) is 4.16. The van der Waals surface area contributed by atoms with E-state index in [4.69, 9.17) is 21.6 Å². The lowest BCUT2D eigenvalue weighted by molar-refractivity contribution is 0.0953. The third-order valence-electron chi connectivity index (χ3n) is 6.94. The van der Waals surface area contributed by atoms with Crippen LogP contribution in [0.2, 0.25) is 0 Å². The zero-order valence-electron chi connectivity index (χ0n) is 21.3. The van der Waals surface area contributed by atoms with Gasteiger partial charge in [-0.15, -0.1) is 0 Å². The number of rotatable bonds is 10. The van der Waals surface area contributed by atoms with Crippen molar-refractivity contribution in [2.24, 2.45) is 0 Å². The number of thioether (sulfide) groups is 1. The highest BCUT2D eigenvalue weighted by Crippen LogP contribution is 2.29. The number of carbonyl (C=O) groups is 1. The summed E-state index contributed by atoms with van der Waals surface area (Å²) in [5.74, 6) is 2.84. The summed E-state index contributed by atoms with van der Waals surface area (Å²) in [7, 11) is 0. The number of aryl methyl sites for hydroxylation is 1. The number of piperidine rings is 1. The Labute approximate surface area is 224 Å². The highest BCUT2D eigenvalue weighted by molar-refractivity contribution is 7.98. The lowest BCUT2D eigenvalue weighted by Gasteiger charge is -2.34.